The van der Waals surface area contributed by atoms with Crippen molar-refractivity contribution in [3.63, 3.8) is 0 Å². The van der Waals surface area contributed by atoms with Gasteiger partial charge in [-0.3, -0.25) is 4.79 Å². The molecule has 2 rings (SSSR count). The van der Waals surface area contributed by atoms with Crippen LogP contribution < -0.4 is 5.73 Å². The Labute approximate surface area is 113 Å². The molecule has 2 fully saturated rings. The zero-order valence-electron chi connectivity index (χ0n) is 11.6. The van der Waals surface area contributed by atoms with Crippen molar-refractivity contribution >= 4 is 5.91 Å². The Balaban J connectivity index is 1.92. The molecule has 0 bridgehead atoms. The molecule has 0 saturated heterocycles. The van der Waals surface area contributed by atoms with Gasteiger partial charge in [0.2, 0.25) is 11.8 Å². The molecular formula is C14H24F2N2O. The molecule has 110 valence electrons. The third kappa shape index (κ3) is 3.25. The summed E-state index contributed by atoms with van der Waals surface area (Å²) in [6.45, 7) is 0.602. The lowest BCUT2D eigenvalue weighted by Gasteiger charge is -2.35. The van der Waals surface area contributed by atoms with Crippen molar-refractivity contribution < 1.29 is 13.6 Å². The summed E-state index contributed by atoms with van der Waals surface area (Å²) in [7, 11) is 1.81. The molecule has 2 saturated carbocycles. The summed E-state index contributed by atoms with van der Waals surface area (Å²) in [6, 6.07) is 0.208. The Hall–Kier alpha value is -0.710. The highest BCUT2D eigenvalue weighted by molar-refractivity contribution is 5.79. The lowest BCUT2D eigenvalue weighted by molar-refractivity contribution is -0.141. The topological polar surface area (TPSA) is 46.3 Å². The van der Waals surface area contributed by atoms with Crippen molar-refractivity contribution in [2.45, 2.75) is 56.9 Å². The maximum atomic E-state index is 13.1. The number of halogens is 2. The second-order valence-corrected chi connectivity index (χ2v) is 6.07. The number of hydrogen-bond donors (Lipinski definition) is 1. The molecule has 0 radical (unpaired) electrons. The third-order valence-electron chi connectivity index (χ3n) is 4.83. The average Bonchev–Trinajstić information content (AvgIpc) is 2.85. The molecule has 2 unspecified atom stereocenters. The molecule has 0 aromatic rings. The molecule has 1 amide bonds. The number of nitrogens with two attached hydrogens (primary N) is 1. The highest BCUT2D eigenvalue weighted by atomic mass is 19.3. The zero-order chi connectivity index (χ0) is 14.0. The molecule has 19 heavy (non-hydrogen) atoms. The van der Waals surface area contributed by atoms with Crippen molar-refractivity contribution in [3.05, 3.63) is 0 Å². The summed E-state index contributed by atoms with van der Waals surface area (Å²) in [5, 5.41) is 0. The minimum absolute atomic E-state index is 0.0425. The monoisotopic (exact) mass is 274 g/mol. The fraction of sp³-hybridized carbons (Fsp3) is 0.929. The first-order chi connectivity index (χ1) is 8.94. The first kappa shape index (κ1) is 14.7. The van der Waals surface area contributed by atoms with E-state index in [-0.39, 0.29) is 30.7 Å². The van der Waals surface area contributed by atoms with Crippen LogP contribution in [0.4, 0.5) is 8.78 Å². The van der Waals surface area contributed by atoms with Gasteiger partial charge in [0, 0.05) is 31.8 Å². The van der Waals surface area contributed by atoms with Gasteiger partial charge in [0.1, 0.15) is 0 Å². The van der Waals surface area contributed by atoms with Crippen LogP contribution in [0.15, 0.2) is 0 Å². The molecule has 2 atom stereocenters. The first-order valence-electron chi connectivity index (χ1n) is 7.29. The largest absolute Gasteiger partial charge is 0.342 e. The highest BCUT2D eigenvalue weighted by Crippen LogP contribution is 2.38. The van der Waals surface area contributed by atoms with Crippen molar-refractivity contribution in [1.82, 2.24) is 4.90 Å². The molecule has 0 spiro atoms. The minimum atomic E-state index is -2.57. The van der Waals surface area contributed by atoms with E-state index in [1.165, 1.54) is 0 Å². The van der Waals surface area contributed by atoms with E-state index in [0.717, 1.165) is 19.3 Å². The summed E-state index contributed by atoms with van der Waals surface area (Å²) >= 11 is 0. The Bertz CT molecular complexity index is 325. The lowest BCUT2D eigenvalue weighted by Crippen LogP contribution is -2.45. The number of amides is 1. The maximum absolute atomic E-state index is 13.1. The van der Waals surface area contributed by atoms with Crippen LogP contribution in [-0.2, 0) is 4.79 Å². The molecule has 0 aromatic carbocycles. The Kier molecular flexibility index (Phi) is 4.43. The summed E-state index contributed by atoms with van der Waals surface area (Å²) in [4.78, 5) is 14.2. The van der Waals surface area contributed by atoms with Crippen LogP contribution in [0.5, 0.6) is 0 Å². The van der Waals surface area contributed by atoms with E-state index >= 15 is 0 Å². The number of carbonyl (C=O) groups excluding carboxylic acids is 1. The van der Waals surface area contributed by atoms with Gasteiger partial charge in [0.25, 0.3) is 0 Å². The minimum Gasteiger partial charge on any atom is -0.342 e. The van der Waals surface area contributed by atoms with Crippen LogP contribution in [0.2, 0.25) is 0 Å². The fourth-order valence-electron chi connectivity index (χ4n) is 3.54. The van der Waals surface area contributed by atoms with Crippen LogP contribution >= 0.6 is 0 Å². The number of nitrogens with zero attached hydrogens (tertiary/aromatic N) is 1. The van der Waals surface area contributed by atoms with Crippen LogP contribution in [0.3, 0.4) is 0 Å². The molecule has 2 N–H and O–H groups in total. The third-order valence-corrected chi connectivity index (χ3v) is 4.83. The van der Waals surface area contributed by atoms with Gasteiger partial charge in [-0.05, 0) is 38.1 Å². The van der Waals surface area contributed by atoms with Gasteiger partial charge in [-0.1, -0.05) is 6.42 Å². The standard InChI is InChI=1S/C14H24F2N2O/c1-18(12-4-2-3-11(12)9-17)13(19)10-5-7-14(15,16)8-6-10/h10-12H,2-9,17H2,1H3. The second-order valence-electron chi connectivity index (χ2n) is 6.07. The zero-order valence-corrected chi connectivity index (χ0v) is 11.6. The number of rotatable bonds is 3. The number of alkyl halides is 2. The predicted molar refractivity (Wildman–Crippen MR) is 69.9 cm³/mol. The molecule has 2 aliphatic carbocycles. The Morgan fingerprint density at radius 3 is 2.47 bits per heavy atom. The smallest absolute Gasteiger partial charge is 0.248 e. The first-order valence-corrected chi connectivity index (χ1v) is 7.29. The van der Waals surface area contributed by atoms with E-state index in [1.807, 2.05) is 7.05 Å². The van der Waals surface area contributed by atoms with Gasteiger partial charge < -0.3 is 10.6 Å². The fourth-order valence-corrected chi connectivity index (χ4v) is 3.54. The number of hydrogen-bond acceptors (Lipinski definition) is 2. The second kappa shape index (κ2) is 5.73. The normalized spacial score (nSPS) is 31.4. The van der Waals surface area contributed by atoms with Gasteiger partial charge in [-0.15, -0.1) is 0 Å². The van der Waals surface area contributed by atoms with E-state index < -0.39 is 5.92 Å². The van der Waals surface area contributed by atoms with E-state index in [1.54, 1.807) is 4.90 Å². The molecule has 0 aliphatic heterocycles. The average molecular weight is 274 g/mol. The van der Waals surface area contributed by atoms with Gasteiger partial charge in [0.15, 0.2) is 0 Å². The van der Waals surface area contributed by atoms with Gasteiger partial charge >= 0.3 is 0 Å². The quantitative estimate of drug-likeness (QED) is 0.859. The van der Waals surface area contributed by atoms with Crippen LogP contribution in [-0.4, -0.2) is 36.4 Å². The molecule has 2 aliphatic rings. The van der Waals surface area contributed by atoms with E-state index in [0.29, 0.717) is 25.3 Å². The summed E-state index contributed by atoms with van der Waals surface area (Å²) < 4.78 is 26.2. The molecule has 0 heterocycles. The van der Waals surface area contributed by atoms with Gasteiger partial charge in [0.05, 0.1) is 0 Å². The maximum Gasteiger partial charge on any atom is 0.248 e. The lowest BCUT2D eigenvalue weighted by atomic mass is 9.85. The SMILES string of the molecule is CN(C(=O)C1CCC(F)(F)CC1)C1CCCC1CN. The van der Waals surface area contributed by atoms with Crippen molar-refractivity contribution in [3.8, 4) is 0 Å². The Morgan fingerprint density at radius 2 is 1.89 bits per heavy atom. The van der Waals surface area contributed by atoms with Crippen molar-refractivity contribution in [2.24, 2.45) is 17.6 Å². The molecule has 5 heteroatoms. The van der Waals surface area contributed by atoms with Gasteiger partial charge in [-0.25, -0.2) is 8.78 Å². The van der Waals surface area contributed by atoms with Crippen LogP contribution in [0, 0.1) is 11.8 Å². The predicted octanol–water partition coefficient (Wildman–Crippen LogP) is 2.40. The molecular weight excluding hydrogens is 250 g/mol. The van der Waals surface area contributed by atoms with Crippen LogP contribution in [0.25, 0.3) is 0 Å². The van der Waals surface area contributed by atoms with Gasteiger partial charge in [-0.2, -0.15) is 0 Å². The van der Waals surface area contributed by atoms with E-state index in [9.17, 15) is 13.6 Å². The molecule has 0 aromatic heterocycles. The summed E-state index contributed by atoms with van der Waals surface area (Å²) in [5.74, 6) is -2.37. The van der Waals surface area contributed by atoms with Crippen LogP contribution in [0.1, 0.15) is 44.9 Å². The van der Waals surface area contributed by atoms with Crippen molar-refractivity contribution in [1.29, 1.82) is 0 Å². The Morgan fingerprint density at radius 1 is 1.26 bits per heavy atom. The highest BCUT2D eigenvalue weighted by Gasteiger charge is 2.40. The van der Waals surface area contributed by atoms with E-state index in [4.69, 9.17) is 5.73 Å². The van der Waals surface area contributed by atoms with E-state index in [2.05, 4.69) is 0 Å². The summed E-state index contributed by atoms with van der Waals surface area (Å²) in [6.07, 6.45) is 3.50. The summed E-state index contributed by atoms with van der Waals surface area (Å²) in [5.41, 5.74) is 5.74. The number of carbonyl (C=O) groups is 1. The van der Waals surface area contributed by atoms with Crippen molar-refractivity contribution in [2.75, 3.05) is 13.6 Å². The molecule has 3 nitrogen and oxygen atoms in total.